The first-order chi connectivity index (χ1) is 14.4. The van der Waals surface area contributed by atoms with Gasteiger partial charge in [-0.15, -0.1) is 0 Å². The second-order valence-electron chi connectivity index (χ2n) is 6.77. The molecule has 0 spiro atoms. The molecule has 0 saturated carbocycles. The van der Waals surface area contributed by atoms with E-state index in [0.717, 1.165) is 17.0 Å². The number of Topliss-reactive ketones (excluding diaryl/α,β-unsaturated/α-hetero) is 1. The maximum absolute atomic E-state index is 12.4. The molecule has 30 heavy (non-hydrogen) atoms. The molecule has 0 saturated heterocycles. The molecule has 1 heterocycles. The minimum absolute atomic E-state index is 0.00653. The summed E-state index contributed by atoms with van der Waals surface area (Å²) in [6.07, 6.45) is 0. The number of ketones is 1. The van der Waals surface area contributed by atoms with Gasteiger partial charge in [-0.05, 0) is 63.2 Å². The first-order valence-electron chi connectivity index (χ1n) is 9.38. The van der Waals surface area contributed by atoms with E-state index >= 15 is 0 Å². The fourth-order valence-electron chi connectivity index (χ4n) is 2.89. The molecule has 156 valence electrons. The van der Waals surface area contributed by atoms with E-state index in [0.29, 0.717) is 34.8 Å². The van der Waals surface area contributed by atoms with Crippen molar-refractivity contribution in [3.63, 3.8) is 0 Å². The molecule has 0 N–H and O–H groups in total. The Morgan fingerprint density at radius 3 is 2.30 bits per heavy atom. The molecule has 0 bridgehead atoms. The van der Waals surface area contributed by atoms with Gasteiger partial charge in [0.1, 0.15) is 30.5 Å². The summed E-state index contributed by atoms with van der Waals surface area (Å²) in [6.45, 7) is 5.49. The lowest BCUT2D eigenvalue weighted by Gasteiger charge is -2.11. The molecule has 0 aliphatic carbocycles. The normalized spacial score (nSPS) is 10.5. The van der Waals surface area contributed by atoms with Crippen LogP contribution < -0.4 is 9.47 Å². The number of rotatable bonds is 8. The summed E-state index contributed by atoms with van der Waals surface area (Å²) in [6, 6.07) is 11.7. The van der Waals surface area contributed by atoms with Crippen LogP contribution in [0.25, 0.3) is 0 Å². The van der Waals surface area contributed by atoms with E-state index in [-0.39, 0.29) is 12.4 Å². The molecule has 0 aliphatic rings. The highest BCUT2D eigenvalue weighted by molar-refractivity contribution is 5.94. The van der Waals surface area contributed by atoms with Crippen molar-refractivity contribution in [1.29, 1.82) is 0 Å². The SMILES string of the molecule is COc1ccc(C(C)=O)cc1COC(=O)c1ccc(OCc2c(C)noc2C)cc1. The predicted octanol–water partition coefficient (Wildman–Crippen LogP) is 4.44. The highest BCUT2D eigenvalue weighted by Crippen LogP contribution is 2.22. The van der Waals surface area contributed by atoms with Crippen LogP contribution in [0, 0.1) is 13.8 Å². The van der Waals surface area contributed by atoms with Crippen molar-refractivity contribution in [2.75, 3.05) is 7.11 Å². The van der Waals surface area contributed by atoms with Crippen LogP contribution in [0.4, 0.5) is 0 Å². The molecule has 7 nitrogen and oxygen atoms in total. The van der Waals surface area contributed by atoms with Gasteiger partial charge >= 0.3 is 5.97 Å². The van der Waals surface area contributed by atoms with E-state index in [9.17, 15) is 9.59 Å². The molecule has 0 unspecified atom stereocenters. The van der Waals surface area contributed by atoms with Gasteiger partial charge in [-0.2, -0.15) is 0 Å². The summed E-state index contributed by atoms with van der Waals surface area (Å²) in [5.74, 6) is 1.33. The molecule has 0 fully saturated rings. The number of nitrogens with zero attached hydrogens (tertiary/aromatic N) is 1. The van der Waals surface area contributed by atoms with Crippen molar-refractivity contribution in [1.82, 2.24) is 5.16 Å². The third-order valence-electron chi connectivity index (χ3n) is 4.70. The smallest absolute Gasteiger partial charge is 0.338 e. The minimum Gasteiger partial charge on any atom is -0.496 e. The van der Waals surface area contributed by atoms with Gasteiger partial charge in [0.15, 0.2) is 5.78 Å². The number of carbonyl (C=O) groups is 2. The number of hydrogen-bond donors (Lipinski definition) is 0. The number of esters is 1. The van der Waals surface area contributed by atoms with Gasteiger partial charge in [-0.1, -0.05) is 5.16 Å². The van der Waals surface area contributed by atoms with Crippen LogP contribution >= 0.6 is 0 Å². The van der Waals surface area contributed by atoms with Gasteiger partial charge in [-0.25, -0.2) is 4.79 Å². The molecule has 3 rings (SSSR count). The summed E-state index contributed by atoms with van der Waals surface area (Å²) in [5.41, 5.74) is 3.23. The fourth-order valence-corrected chi connectivity index (χ4v) is 2.89. The van der Waals surface area contributed by atoms with Crippen LogP contribution in [0.3, 0.4) is 0 Å². The van der Waals surface area contributed by atoms with Gasteiger partial charge in [0.2, 0.25) is 0 Å². The second-order valence-corrected chi connectivity index (χ2v) is 6.77. The van der Waals surface area contributed by atoms with Crippen LogP contribution in [0.5, 0.6) is 11.5 Å². The standard InChI is InChI=1S/C23H23NO6/c1-14-21(16(3)30-24-14)13-28-20-8-5-17(6-9-20)23(26)29-12-19-11-18(15(2)25)7-10-22(19)27-4/h5-11H,12-13H2,1-4H3. The third kappa shape index (κ3) is 4.86. The number of hydrogen-bond acceptors (Lipinski definition) is 7. The largest absolute Gasteiger partial charge is 0.496 e. The number of aryl methyl sites for hydroxylation is 2. The molecular weight excluding hydrogens is 386 g/mol. The van der Waals surface area contributed by atoms with Crippen molar-refractivity contribution in [3.8, 4) is 11.5 Å². The van der Waals surface area contributed by atoms with Crippen LogP contribution in [0.2, 0.25) is 0 Å². The Bertz CT molecular complexity index is 1030. The van der Waals surface area contributed by atoms with E-state index in [4.69, 9.17) is 18.7 Å². The zero-order chi connectivity index (χ0) is 21.7. The van der Waals surface area contributed by atoms with E-state index in [2.05, 4.69) is 5.16 Å². The molecule has 1 aromatic heterocycles. The molecule has 0 atom stereocenters. The molecule has 0 radical (unpaired) electrons. The highest BCUT2D eigenvalue weighted by Gasteiger charge is 2.13. The first-order valence-corrected chi connectivity index (χ1v) is 9.38. The van der Waals surface area contributed by atoms with E-state index in [1.165, 1.54) is 14.0 Å². The molecule has 0 aliphatic heterocycles. The summed E-state index contributed by atoms with van der Waals surface area (Å²) in [4.78, 5) is 24.0. The van der Waals surface area contributed by atoms with E-state index < -0.39 is 5.97 Å². The van der Waals surface area contributed by atoms with Gasteiger partial charge < -0.3 is 18.7 Å². The van der Waals surface area contributed by atoms with Crippen molar-refractivity contribution in [2.45, 2.75) is 34.0 Å². The Morgan fingerprint density at radius 2 is 1.70 bits per heavy atom. The van der Waals surface area contributed by atoms with E-state index in [1.807, 2.05) is 13.8 Å². The fraction of sp³-hybridized carbons (Fsp3) is 0.261. The molecule has 7 heteroatoms. The van der Waals surface area contributed by atoms with Gasteiger partial charge in [0.25, 0.3) is 0 Å². The van der Waals surface area contributed by atoms with Gasteiger partial charge in [0.05, 0.1) is 23.9 Å². The summed E-state index contributed by atoms with van der Waals surface area (Å²) < 4.78 is 21.5. The lowest BCUT2D eigenvalue weighted by molar-refractivity contribution is 0.0470. The Labute approximate surface area is 174 Å². The maximum atomic E-state index is 12.4. The summed E-state index contributed by atoms with van der Waals surface area (Å²) in [7, 11) is 1.52. The number of aromatic nitrogens is 1. The first kappa shape index (κ1) is 21.1. The van der Waals surface area contributed by atoms with Crippen LogP contribution in [-0.2, 0) is 18.0 Å². The Balaban J connectivity index is 1.61. The molecule has 0 amide bonds. The topological polar surface area (TPSA) is 87.9 Å². The van der Waals surface area contributed by atoms with Crippen LogP contribution in [0.15, 0.2) is 47.0 Å². The predicted molar refractivity (Wildman–Crippen MR) is 109 cm³/mol. The van der Waals surface area contributed by atoms with Crippen molar-refractivity contribution in [3.05, 3.63) is 76.2 Å². The average Bonchev–Trinajstić information content (AvgIpc) is 3.07. The Hall–Kier alpha value is -3.61. The van der Waals surface area contributed by atoms with E-state index in [1.54, 1.807) is 42.5 Å². The lowest BCUT2D eigenvalue weighted by atomic mass is 10.1. The number of carbonyl (C=O) groups excluding carboxylic acids is 2. The van der Waals surface area contributed by atoms with Gasteiger partial charge in [0, 0.05) is 11.1 Å². The quantitative estimate of drug-likeness (QED) is 0.401. The zero-order valence-electron chi connectivity index (χ0n) is 17.4. The second kappa shape index (κ2) is 9.26. The van der Waals surface area contributed by atoms with Crippen molar-refractivity contribution in [2.24, 2.45) is 0 Å². The van der Waals surface area contributed by atoms with Crippen molar-refractivity contribution >= 4 is 11.8 Å². The zero-order valence-corrected chi connectivity index (χ0v) is 17.4. The summed E-state index contributed by atoms with van der Waals surface area (Å²) in [5, 5.41) is 3.89. The monoisotopic (exact) mass is 409 g/mol. The van der Waals surface area contributed by atoms with Crippen LogP contribution in [0.1, 0.15) is 50.2 Å². The number of methoxy groups -OCH3 is 1. The summed E-state index contributed by atoms with van der Waals surface area (Å²) >= 11 is 0. The average molecular weight is 409 g/mol. The van der Waals surface area contributed by atoms with Gasteiger partial charge in [-0.3, -0.25) is 4.79 Å². The maximum Gasteiger partial charge on any atom is 0.338 e. The number of benzene rings is 2. The lowest BCUT2D eigenvalue weighted by Crippen LogP contribution is -2.07. The Kier molecular flexibility index (Phi) is 6.51. The minimum atomic E-state index is -0.484. The van der Waals surface area contributed by atoms with Crippen LogP contribution in [-0.4, -0.2) is 24.0 Å². The molecular formula is C23H23NO6. The molecule has 2 aromatic carbocycles. The number of ether oxygens (including phenoxy) is 3. The van der Waals surface area contributed by atoms with Crippen molar-refractivity contribution < 1.29 is 28.3 Å². The highest BCUT2D eigenvalue weighted by atomic mass is 16.5. The molecule has 3 aromatic rings. The third-order valence-corrected chi connectivity index (χ3v) is 4.70. The Morgan fingerprint density at radius 1 is 1.00 bits per heavy atom.